The Bertz CT molecular complexity index is 543. The molecule has 0 radical (unpaired) electrons. The molecule has 0 aromatic carbocycles. The molecule has 19 heavy (non-hydrogen) atoms. The van der Waals surface area contributed by atoms with Gasteiger partial charge in [0.15, 0.2) is 5.60 Å². The molecular formula is C16H20N2O. The molecule has 0 fully saturated rings. The summed E-state index contributed by atoms with van der Waals surface area (Å²) >= 11 is 0. The lowest BCUT2D eigenvalue weighted by molar-refractivity contribution is -0.0332. The van der Waals surface area contributed by atoms with Gasteiger partial charge < -0.3 is 5.11 Å². The van der Waals surface area contributed by atoms with Crippen LogP contribution in [0.25, 0.3) is 0 Å². The summed E-state index contributed by atoms with van der Waals surface area (Å²) in [5, 5.41) is 11.3. The van der Waals surface area contributed by atoms with Crippen LogP contribution < -0.4 is 0 Å². The van der Waals surface area contributed by atoms with E-state index in [1.165, 1.54) is 0 Å². The van der Waals surface area contributed by atoms with Crippen LogP contribution in [0, 0.1) is 12.3 Å². The Morgan fingerprint density at radius 3 is 2.11 bits per heavy atom. The van der Waals surface area contributed by atoms with Gasteiger partial charge in [0, 0.05) is 17.8 Å². The van der Waals surface area contributed by atoms with Gasteiger partial charge in [-0.25, -0.2) is 0 Å². The molecule has 100 valence electrons. The predicted octanol–water partition coefficient (Wildman–Crippen LogP) is 3.07. The lowest BCUT2D eigenvalue weighted by Gasteiger charge is -2.39. The van der Waals surface area contributed by atoms with Crippen LogP contribution in [0.15, 0.2) is 42.7 Å². The predicted molar refractivity (Wildman–Crippen MR) is 75.7 cm³/mol. The number of rotatable bonds is 2. The minimum absolute atomic E-state index is 0.413. The van der Waals surface area contributed by atoms with Gasteiger partial charge in [0.05, 0.1) is 11.4 Å². The summed E-state index contributed by atoms with van der Waals surface area (Å²) in [6.07, 6.45) is 3.47. The fourth-order valence-corrected chi connectivity index (χ4v) is 2.16. The highest BCUT2D eigenvalue weighted by Gasteiger charge is 2.45. The molecule has 0 aliphatic carbocycles. The molecule has 0 spiro atoms. The molecule has 0 aliphatic heterocycles. The van der Waals surface area contributed by atoms with Crippen molar-refractivity contribution in [3.63, 3.8) is 0 Å². The molecule has 1 atom stereocenters. The van der Waals surface area contributed by atoms with E-state index < -0.39 is 11.0 Å². The molecule has 2 aromatic rings. The van der Waals surface area contributed by atoms with E-state index in [9.17, 15) is 5.11 Å². The standard InChI is InChI=1S/C16H20N2O/c1-12-8-9-14(18-11-12)16(19,15(2,3)4)13-7-5-6-10-17-13/h5-11,19H,1-4H3. The summed E-state index contributed by atoms with van der Waals surface area (Å²) in [5.41, 5.74) is 0.704. The maximum Gasteiger partial charge on any atom is 0.153 e. The zero-order chi connectivity index (χ0) is 14.1. The highest BCUT2D eigenvalue weighted by atomic mass is 16.3. The maximum atomic E-state index is 11.3. The topological polar surface area (TPSA) is 46.0 Å². The lowest BCUT2D eigenvalue weighted by atomic mass is 9.72. The van der Waals surface area contributed by atoms with E-state index in [1.54, 1.807) is 12.4 Å². The van der Waals surface area contributed by atoms with E-state index in [0.29, 0.717) is 11.4 Å². The van der Waals surface area contributed by atoms with Gasteiger partial charge in [0.25, 0.3) is 0 Å². The molecule has 0 saturated heterocycles. The zero-order valence-electron chi connectivity index (χ0n) is 11.9. The molecule has 1 N–H and O–H groups in total. The van der Waals surface area contributed by atoms with Crippen molar-refractivity contribution >= 4 is 0 Å². The smallest absolute Gasteiger partial charge is 0.153 e. The van der Waals surface area contributed by atoms with E-state index in [1.807, 2.05) is 58.0 Å². The second-order valence-electron chi connectivity index (χ2n) is 5.90. The van der Waals surface area contributed by atoms with E-state index in [4.69, 9.17) is 0 Å². The summed E-state index contributed by atoms with van der Waals surface area (Å²) in [7, 11) is 0. The highest BCUT2D eigenvalue weighted by molar-refractivity contribution is 5.31. The minimum atomic E-state index is -1.21. The molecule has 0 aliphatic rings. The number of hydrogen-bond donors (Lipinski definition) is 1. The SMILES string of the molecule is Cc1ccc(C(O)(c2ccccn2)C(C)(C)C)nc1. The first-order chi connectivity index (χ1) is 8.85. The number of hydrogen-bond acceptors (Lipinski definition) is 3. The number of aromatic nitrogens is 2. The normalized spacial score (nSPS) is 15.0. The Kier molecular flexibility index (Phi) is 3.42. The molecule has 2 rings (SSSR count). The minimum Gasteiger partial charge on any atom is -0.377 e. The first-order valence-corrected chi connectivity index (χ1v) is 6.43. The van der Waals surface area contributed by atoms with Gasteiger partial charge in [-0.1, -0.05) is 32.9 Å². The van der Waals surface area contributed by atoms with Gasteiger partial charge in [0.2, 0.25) is 0 Å². The monoisotopic (exact) mass is 256 g/mol. The van der Waals surface area contributed by atoms with E-state index in [-0.39, 0.29) is 0 Å². The maximum absolute atomic E-state index is 11.3. The molecule has 2 aromatic heterocycles. The van der Waals surface area contributed by atoms with Crippen molar-refractivity contribution < 1.29 is 5.11 Å². The van der Waals surface area contributed by atoms with Crippen molar-refractivity contribution in [3.05, 3.63) is 59.7 Å². The number of pyridine rings is 2. The van der Waals surface area contributed by atoms with Gasteiger partial charge in [-0.3, -0.25) is 9.97 Å². The van der Waals surface area contributed by atoms with Crippen LogP contribution in [0.3, 0.4) is 0 Å². The molecular weight excluding hydrogens is 236 g/mol. The van der Waals surface area contributed by atoms with Crippen LogP contribution in [0.4, 0.5) is 0 Å². The molecule has 0 amide bonds. The van der Waals surface area contributed by atoms with E-state index in [2.05, 4.69) is 9.97 Å². The van der Waals surface area contributed by atoms with Gasteiger partial charge in [-0.05, 0) is 30.7 Å². The van der Waals surface area contributed by atoms with Crippen molar-refractivity contribution in [1.82, 2.24) is 9.97 Å². The van der Waals surface area contributed by atoms with Crippen molar-refractivity contribution in [1.29, 1.82) is 0 Å². The summed E-state index contributed by atoms with van der Waals surface area (Å²) in [5.74, 6) is 0. The van der Waals surface area contributed by atoms with Crippen LogP contribution in [-0.4, -0.2) is 15.1 Å². The fourth-order valence-electron chi connectivity index (χ4n) is 2.16. The third-order valence-corrected chi connectivity index (χ3v) is 3.40. The van der Waals surface area contributed by atoms with Crippen LogP contribution >= 0.6 is 0 Å². The Labute approximate surface area is 114 Å². The van der Waals surface area contributed by atoms with Crippen molar-refractivity contribution in [3.8, 4) is 0 Å². The number of aliphatic hydroxyl groups is 1. The number of nitrogens with zero attached hydrogens (tertiary/aromatic N) is 2. The van der Waals surface area contributed by atoms with E-state index in [0.717, 1.165) is 5.56 Å². The summed E-state index contributed by atoms with van der Waals surface area (Å²) < 4.78 is 0. The molecule has 0 bridgehead atoms. The third-order valence-electron chi connectivity index (χ3n) is 3.40. The Morgan fingerprint density at radius 1 is 0.947 bits per heavy atom. The summed E-state index contributed by atoms with van der Waals surface area (Å²) in [6.45, 7) is 7.95. The van der Waals surface area contributed by atoms with Crippen LogP contribution in [0.5, 0.6) is 0 Å². The van der Waals surface area contributed by atoms with E-state index >= 15 is 0 Å². The first kappa shape index (κ1) is 13.7. The van der Waals surface area contributed by atoms with Crippen molar-refractivity contribution in [2.75, 3.05) is 0 Å². The van der Waals surface area contributed by atoms with Crippen LogP contribution in [0.2, 0.25) is 0 Å². The van der Waals surface area contributed by atoms with Gasteiger partial charge in [0.1, 0.15) is 0 Å². The molecule has 3 heteroatoms. The van der Waals surface area contributed by atoms with Crippen molar-refractivity contribution in [2.24, 2.45) is 5.41 Å². The van der Waals surface area contributed by atoms with Gasteiger partial charge in [-0.15, -0.1) is 0 Å². The Hall–Kier alpha value is -1.74. The number of aryl methyl sites for hydroxylation is 1. The lowest BCUT2D eigenvalue weighted by Crippen LogP contribution is -2.42. The Morgan fingerprint density at radius 2 is 1.63 bits per heavy atom. The van der Waals surface area contributed by atoms with Crippen LogP contribution in [-0.2, 0) is 5.60 Å². The zero-order valence-corrected chi connectivity index (χ0v) is 11.9. The highest BCUT2D eigenvalue weighted by Crippen LogP contribution is 2.42. The molecule has 1 unspecified atom stereocenters. The summed E-state index contributed by atoms with van der Waals surface area (Å²) in [4.78, 5) is 8.73. The molecule has 2 heterocycles. The summed E-state index contributed by atoms with van der Waals surface area (Å²) in [6, 6.07) is 9.40. The van der Waals surface area contributed by atoms with Crippen LogP contribution in [0.1, 0.15) is 37.7 Å². The second-order valence-corrected chi connectivity index (χ2v) is 5.90. The van der Waals surface area contributed by atoms with Gasteiger partial charge >= 0.3 is 0 Å². The third kappa shape index (κ3) is 2.38. The average molecular weight is 256 g/mol. The second kappa shape index (κ2) is 4.74. The molecule has 3 nitrogen and oxygen atoms in total. The first-order valence-electron chi connectivity index (χ1n) is 6.43. The van der Waals surface area contributed by atoms with Crippen molar-refractivity contribution in [2.45, 2.75) is 33.3 Å². The fraction of sp³-hybridized carbons (Fsp3) is 0.375. The largest absolute Gasteiger partial charge is 0.377 e. The Balaban J connectivity index is 2.63. The van der Waals surface area contributed by atoms with Gasteiger partial charge in [-0.2, -0.15) is 0 Å². The quantitative estimate of drug-likeness (QED) is 0.898. The molecule has 0 saturated carbocycles. The average Bonchev–Trinajstić information content (AvgIpc) is 2.38.